The number of hydrogen-bond donors (Lipinski definition) is 1. The first-order valence-electron chi connectivity index (χ1n) is 9.65. The Morgan fingerprint density at radius 2 is 1.54 bits per heavy atom. The Balaban J connectivity index is 1.57. The summed E-state index contributed by atoms with van der Waals surface area (Å²) >= 11 is 0. The van der Waals surface area contributed by atoms with Crippen LogP contribution in [-0.2, 0) is 20.6 Å². The first-order chi connectivity index (χ1) is 13.2. The number of benzene rings is 2. The second-order valence-corrected chi connectivity index (χ2v) is 9.75. The van der Waals surface area contributed by atoms with Crippen LogP contribution < -0.4 is 5.32 Å². The molecule has 0 aliphatic carbocycles. The fourth-order valence-corrected chi connectivity index (χ4v) is 5.24. The van der Waals surface area contributed by atoms with Crippen LogP contribution in [-0.4, -0.2) is 31.7 Å². The number of carbonyl (C=O) groups is 1. The number of amides is 1. The molecule has 0 unspecified atom stereocenters. The molecule has 1 fully saturated rings. The number of carbonyl (C=O) groups excluding carboxylic acids is 1. The van der Waals surface area contributed by atoms with Gasteiger partial charge in [-0.2, -0.15) is 0 Å². The van der Waals surface area contributed by atoms with Crippen LogP contribution in [0.3, 0.4) is 0 Å². The van der Waals surface area contributed by atoms with Gasteiger partial charge in [0.05, 0.1) is 5.75 Å². The van der Waals surface area contributed by atoms with Crippen LogP contribution in [0.25, 0.3) is 0 Å². The predicted octanol–water partition coefficient (Wildman–Crippen LogP) is 3.79. The van der Waals surface area contributed by atoms with Gasteiger partial charge in [-0.1, -0.05) is 35.9 Å². The topological polar surface area (TPSA) is 66.5 Å². The summed E-state index contributed by atoms with van der Waals surface area (Å²) in [6, 6.07) is 13.5. The highest BCUT2D eigenvalue weighted by molar-refractivity contribution is 7.88. The molecule has 2 aromatic carbocycles. The van der Waals surface area contributed by atoms with E-state index in [0.717, 1.165) is 27.9 Å². The molecule has 2 aromatic rings. The van der Waals surface area contributed by atoms with Crippen LogP contribution >= 0.6 is 0 Å². The number of aryl methyl sites for hydroxylation is 3. The fourth-order valence-electron chi connectivity index (χ4n) is 3.67. The van der Waals surface area contributed by atoms with Crippen molar-refractivity contribution in [3.05, 3.63) is 64.7 Å². The van der Waals surface area contributed by atoms with Crippen LogP contribution in [0.4, 0.5) is 5.69 Å². The SMILES string of the molecule is Cc1ccc(CS(=O)(=O)N2CCC(C(=O)Nc3cc(C)cc(C)c3)CC2)cc1. The number of anilines is 1. The van der Waals surface area contributed by atoms with E-state index >= 15 is 0 Å². The lowest BCUT2D eigenvalue weighted by molar-refractivity contribution is -0.120. The third-order valence-electron chi connectivity index (χ3n) is 5.18. The molecule has 1 N–H and O–H groups in total. The van der Waals surface area contributed by atoms with Gasteiger partial charge in [0.1, 0.15) is 0 Å². The Bertz CT molecular complexity index is 924. The second kappa shape index (κ2) is 8.45. The maximum Gasteiger partial charge on any atom is 0.227 e. The Morgan fingerprint density at radius 1 is 0.964 bits per heavy atom. The minimum atomic E-state index is -3.37. The van der Waals surface area contributed by atoms with E-state index in [9.17, 15) is 13.2 Å². The first-order valence-corrected chi connectivity index (χ1v) is 11.3. The molecule has 150 valence electrons. The zero-order chi connectivity index (χ0) is 20.3. The maximum absolute atomic E-state index is 12.7. The zero-order valence-corrected chi connectivity index (χ0v) is 17.6. The van der Waals surface area contributed by atoms with E-state index in [1.807, 2.05) is 57.2 Å². The summed E-state index contributed by atoms with van der Waals surface area (Å²) in [7, 11) is -3.37. The van der Waals surface area contributed by atoms with E-state index < -0.39 is 10.0 Å². The summed E-state index contributed by atoms with van der Waals surface area (Å²) in [6.07, 6.45) is 1.09. The van der Waals surface area contributed by atoms with Crippen molar-refractivity contribution >= 4 is 21.6 Å². The van der Waals surface area contributed by atoms with Crippen molar-refractivity contribution < 1.29 is 13.2 Å². The summed E-state index contributed by atoms with van der Waals surface area (Å²) in [5, 5.41) is 2.99. The van der Waals surface area contributed by atoms with Gasteiger partial charge in [-0.15, -0.1) is 0 Å². The van der Waals surface area contributed by atoms with Gasteiger partial charge >= 0.3 is 0 Å². The lowest BCUT2D eigenvalue weighted by Gasteiger charge is -2.30. The molecule has 6 heteroatoms. The molecule has 1 heterocycles. The van der Waals surface area contributed by atoms with Gasteiger partial charge < -0.3 is 5.32 Å². The summed E-state index contributed by atoms with van der Waals surface area (Å²) in [4.78, 5) is 12.6. The quantitative estimate of drug-likeness (QED) is 0.830. The number of sulfonamides is 1. The number of nitrogens with zero attached hydrogens (tertiary/aromatic N) is 1. The van der Waals surface area contributed by atoms with Crippen molar-refractivity contribution in [3.63, 3.8) is 0 Å². The van der Waals surface area contributed by atoms with Crippen LogP contribution in [0.1, 0.15) is 35.1 Å². The molecule has 1 aliphatic rings. The predicted molar refractivity (Wildman–Crippen MR) is 113 cm³/mol. The molecule has 1 amide bonds. The maximum atomic E-state index is 12.7. The van der Waals surface area contributed by atoms with Gasteiger partial charge in [0.2, 0.25) is 15.9 Å². The van der Waals surface area contributed by atoms with E-state index in [0.29, 0.717) is 25.9 Å². The summed E-state index contributed by atoms with van der Waals surface area (Å²) in [5.41, 5.74) is 4.91. The van der Waals surface area contributed by atoms with Gasteiger partial charge in [0, 0.05) is 24.7 Å². The number of nitrogens with one attached hydrogen (secondary N) is 1. The van der Waals surface area contributed by atoms with E-state index in [4.69, 9.17) is 0 Å². The number of rotatable bonds is 5. The molecule has 1 aliphatic heterocycles. The molecule has 0 aromatic heterocycles. The molecule has 28 heavy (non-hydrogen) atoms. The van der Waals surface area contributed by atoms with E-state index in [-0.39, 0.29) is 17.6 Å². The molecule has 0 radical (unpaired) electrons. The Morgan fingerprint density at radius 3 is 2.11 bits per heavy atom. The van der Waals surface area contributed by atoms with Crippen molar-refractivity contribution in [3.8, 4) is 0 Å². The van der Waals surface area contributed by atoms with Crippen LogP contribution in [0.15, 0.2) is 42.5 Å². The molecule has 0 saturated carbocycles. The molecule has 5 nitrogen and oxygen atoms in total. The van der Waals surface area contributed by atoms with Crippen LogP contribution in [0.5, 0.6) is 0 Å². The van der Waals surface area contributed by atoms with Crippen LogP contribution in [0, 0.1) is 26.7 Å². The Kier molecular flexibility index (Phi) is 6.20. The third-order valence-corrected chi connectivity index (χ3v) is 7.03. The van der Waals surface area contributed by atoms with Gasteiger partial charge in [-0.25, -0.2) is 12.7 Å². The molecule has 3 rings (SSSR count). The average molecular weight is 401 g/mol. The van der Waals surface area contributed by atoms with Crippen molar-refractivity contribution in [2.45, 2.75) is 39.4 Å². The minimum absolute atomic E-state index is 0.00666. The van der Waals surface area contributed by atoms with E-state index in [1.165, 1.54) is 4.31 Å². The highest BCUT2D eigenvalue weighted by Crippen LogP contribution is 2.24. The highest BCUT2D eigenvalue weighted by Gasteiger charge is 2.31. The molecular weight excluding hydrogens is 372 g/mol. The summed E-state index contributed by atoms with van der Waals surface area (Å²) in [6.45, 7) is 6.75. The zero-order valence-electron chi connectivity index (χ0n) is 16.7. The Labute approximate surface area is 167 Å². The average Bonchev–Trinajstić information content (AvgIpc) is 2.63. The smallest absolute Gasteiger partial charge is 0.227 e. The molecular formula is C22H28N2O3S. The van der Waals surface area contributed by atoms with E-state index in [2.05, 4.69) is 11.4 Å². The highest BCUT2D eigenvalue weighted by atomic mass is 32.2. The number of hydrogen-bond acceptors (Lipinski definition) is 3. The van der Waals surface area contributed by atoms with Gasteiger partial charge in [0.25, 0.3) is 0 Å². The van der Waals surface area contributed by atoms with E-state index in [1.54, 1.807) is 0 Å². The van der Waals surface area contributed by atoms with Crippen molar-refractivity contribution in [1.29, 1.82) is 0 Å². The van der Waals surface area contributed by atoms with Gasteiger partial charge in [0.15, 0.2) is 0 Å². The largest absolute Gasteiger partial charge is 0.326 e. The second-order valence-electron chi connectivity index (χ2n) is 7.78. The standard InChI is InChI=1S/C22H28N2O3S/c1-16-4-6-19(7-5-16)15-28(26,27)24-10-8-20(9-11-24)22(25)23-21-13-17(2)12-18(3)14-21/h4-7,12-14,20H,8-11,15H2,1-3H3,(H,23,25). The molecule has 0 bridgehead atoms. The van der Waals surface area contributed by atoms with Crippen LogP contribution in [0.2, 0.25) is 0 Å². The molecule has 0 atom stereocenters. The summed E-state index contributed by atoms with van der Waals surface area (Å²) < 4.78 is 26.9. The summed E-state index contributed by atoms with van der Waals surface area (Å²) in [5.74, 6) is -0.181. The number of piperidine rings is 1. The monoisotopic (exact) mass is 400 g/mol. The normalized spacial score (nSPS) is 16.1. The first kappa shape index (κ1) is 20.6. The van der Waals surface area contributed by atoms with Gasteiger partial charge in [-0.3, -0.25) is 4.79 Å². The van der Waals surface area contributed by atoms with Crippen molar-refractivity contribution in [2.24, 2.45) is 5.92 Å². The third kappa shape index (κ3) is 5.20. The van der Waals surface area contributed by atoms with Crippen molar-refractivity contribution in [2.75, 3.05) is 18.4 Å². The van der Waals surface area contributed by atoms with Crippen molar-refractivity contribution in [1.82, 2.24) is 4.31 Å². The minimum Gasteiger partial charge on any atom is -0.326 e. The van der Waals surface area contributed by atoms with Gasteiger partial charge in [-0.05, 0) is 62.4 Å². The molecule has 1 saturated heterocycles. The lowest BCUT2D eigenvalue weighted by Crippen LogP contribution is -2.41. The molecule has 0 spiro atoms. The Hall–Kier alpha value is -2.18. The lowest BCUT2D eigenvalue weighted by atomic mass is 9.97. The fraction of sp³-hybridized carbons (Fsp3) is 0.409.